The summed E-state index contributed by atoms with van der Waals surface area (Å²) in [6.45, 7) is 10.5. The van der Waals surface area contributed by atoms with Crippen LogP contribution >= 0.6 is 23.2 Å². The van der Waals surface area contributed by atoms with E-state index in [9.17, 15) is 14.4 Å². The number of nitrogens with zero attached hydrogens (tertiary/aromatic N) is 5. The van der Waals surface area contributed by atoms with Crippen molar-refractivity contribution in [3.05, 3.63) is 58.7 Å². The molecule has 3 heterocycles. The number of piperidine rings is 1. The van der Waals surface area contributed by atoms with Crippen molar-refractivity contribution in [1.29, 1.82) is 0 Å². The molecule has 0 radical (unpaired) electrons. The van der Waals surface area contributed by atoms with Crippen LogP contribution in [-0.2, 0) is 20.9 Å². The number of hydrogen-bond donors (Lipinski definition) is 2. The molecule has 13 nitrogen and oxygen atoms in total. The maximum absolute atomic E-state index is 13.7. The number of halogens is 2. The number of aromatic nitrogens is 2. The van der Waals surface area contributed by atoms with Gasteiger partial charge in [-0.2, -0.15) is 4.98 Å². The first kappa shape index (κ1) is 35.6. The SMILES string of the molecule is C=CC(=O)Nc1cc(N2CCC(C(=O)OC(C)(C)C)CC2)ccc1Nc1ncc2c(n1)N(C)C(=O)N(c1c(Cl)c(OC)cc(OC)c1Cl)C2. The van der Waals surface area contributed by atoms with Gasteiger partial charge in [0.05, 0.1) is 43.7 Å². The van der Waals surface area contributed by atoms with Gasteiger partial charge in [0, 0.05) is 43.7 Å². The number of methoxy groups -OCH3 is 2. The predicted molar refractivity (Wildman–Crippen MR) is 191 cm³/mol. The number of fused-ring (bicyclic) bond motifs is 1. The number of nitrogens with one attached hydrogen (secondary N) is 2. The summed E-state index contributed by atoms with van der Waals surface area (Å²) in [7, 11) is 4.50. The average molecular weight is 713 g/mol. The Morgan fingerprint density at radius 2 is 1.69 bits per heavy atom. The molecule has 1 saturated heterocycles. The van der Waals surface area contributed by atoms with Crippen LogP contribution in [0.3, 0.4) is 0 Å². The lowest BCUT2D eigenvalue weighted by molar-refractivity contribution is -0.160. The van der Waals surface area contributed by atoms with Crippen LogP contribution in [0.1, 0.15) is 39.2 Å². The fourth-order valence-corrected chi connectivity index (χ4v) is 6.36. The molecule has 5 rings (SSSR count). The molecule has 49 heavy (non-hydrogen) atoms. The molecule has 0 unspecified atom stereocenters. The summed E-state index contributed by atoms with van der Waals surface area (Å²) < 4.78 is 16.3. The van der Waals surface area contributed by atoms with Crippen LogP contribution in [0.4, 0.5) is 39.3 Å². The lowest BCUT2D eigenvalue weighted by atomic mass is 9.96. The lowest BCUT2D eigenvalue weighted by Crippen LogP contribution is -2.46. The summed E-state index contributed by atoms with van der Waals surface area (Å²) >= 11 is 13.2. The van der Waals surface area contributed by atoms with E-state index >= 15 is 0 Å². The molecule has 15 heteroatoms. The Labute approximate surface area is 295 Å². The van der Waals surface area contributed by atoms with Crippen molar-refractivity contribution < 1.29 is 28.6 Å². The van der Waals surface area contributed by atoms with E-state index in [1.165, 1.54) is 30.1 Å². The monoisotopic (exact) mass is 711 g/mol. The number of esters is 1. The van der Waals surface area contributed by atoms with Crippen LogP contribution in [-0.4, -0.2) is 67.8 Å². The maximum atomic E-state index is 13.7. The number of carbonyl (C=O) groups is 3. The first-order valence-electron chi connectivity index (χ1n) is 15.6. The third kappa shape index (κ3) is 7.62. The summed E-state index contributed by atoms with van der Waals surface area (Å²) in [5.74, 6) is 0.433. The van der Waals surface area contributed by atoms with Crippen molar-refractivity contribution in [2.24, 2.45) is 5.92 Å². The molecular weight excluding hydrogens is 673 g/mol. The second kappa shape index (κ2) is 14.4. The van der Waals surface area contributed by atoms with Gasteiger partial charge in [-0.25, -0.2) is 9.78 Å². The predicted octanol–water partition coefficient (Wildman–Crippen LogP) is 6.80. The number of rotatable bonds is 9. The number of benzene rings is 2. The van der Waals surface area contributed by atoms with E-state index < -0.39 is 17.5 Å². The van der Waals surface area contributed by atoms with Crippen LogP contribution < -0.4 is 34.8 Å². The van der Waals surface area contributed by atoms with Crippen LogP contribution in [0.2, 0.25) is 10.0 Å². The molecule has 1 aromatic heterocycles. The number of ether oxygens (including phenoxy) is 3. The van der Waals surface area contributed by atoms with Gasteiger partial charge in [0.15, 0.2) is 0 Å². The highest BCUT2D eigenvalue weighted by Gasteiger charge is 2.35. The molecule has 0 atom stereocenters. The fourth-order valence-electron chi connectivity index (χ4n) is 5.66. The van der Waals surface area contributed by atoms with E-state index in [1.807, 2.05) is 39.0 Å². The molecule has 1 fully saturated rings. The first-order chi connectivity index (χ1) is 23.2. The first-order valence-corrected chi connectivity index (χ1v) is 16.3. The summed E-state index contributed by atoms with van der Waals surface area (Å²) in [6.07, 6.45) is 4.09. The van der Waals surface area contributed by atoms with Gasteiger partial charge >= 0.3 is 12.0 Å². The third-order valence-corrected chi connectivity index (χ3v) is 8.85. The molecule has 2 aromatic carbocycles. The van der Waals surface area contributed by atoms with Crippen molar-refractivity contribution in [3.8, 4) is 11.5 Å². The Balaban J connectivity index is 1.38. The average Bonchev–Trinajstić information content (AvgIpc) is 3.07. The minimum atomic E-state index is -0.531. The zero-order valence-corrected chi connectivity index (χ0v) is 29.7. The van der Waals surface area contributed by atoms with E-state index in [1.54, 1.807) is 19.3 Å². The van der Waals surface area contributed by atoms with E-state index in [0.29, 0.717) is 60.2 Å². The quantitative estimate of drug-likeness (QED) is 0.180. The maximum Gasteiger partial charge on any atom is 0.330 e. The second-order valence-electron chi connectivity index (χ2n) is 12.6. The van der Waals surface area contributed by atoms with Crippen molar-refractivity contribution in [2.75, 3.05) is 59.7 Å². The Kier molecular flexibility index (Phi) is 10.4. The Hall–Kier alpha value is -4.75. The van der Waals surface area contributed by atoms with E-state index in [4.69, 9.17) is 37.4 Å². The van der Waals surface area contributed by atoms with Gasteiger partial charge in [-0.15, -0.1) is 0 Å². The van der Waals surface area contributed by atoms with Crippen LogP contribution in [0, 0.1) is 5.92 Å². The molecule has 0 bridgehead atoms. The van der Waals surface area contributed by atoms with Crippen LogP contribution in [0.15, 0.2) is 43.1 Å². The topological polar surface area (TPSA) is 138 Å². The zero-order chi connectivity index (χ0) is 35.6. The Bertz CT molecular complexity index is 1760. The molecule has 3 amide bonds. The standard InChI is InChI=1S/C34H39Cl2N7O6/c1-8-26(44)38-23-15-21(42-13-11-19(12-14-42)31(45)49-34(2,3)4)9-10-22(23)39-32-37-17-20-18-43(33(46)41(5)30(20)40-32)29-27(35)24(47-6)16-25(48-7)28(29)36/h8-10,15-17,19H,1,11-14,18H2,2-7H3,(H,38,44)(H,37,39,40). The van der Waals surface area contributed by atoms with Gasteiger partial charge in [-0.3, -0.25) is 19.4 Å². The van der Waals surface area contributed by atoms with E-state index in [2.05, 4.69) is 32.1 Å². The second-order valence-corrected chi connectivity index (χ2v) is 13.3. The highest BCUT2D eigenvalue weighted by atomic mass is 35.5. The van der Waals surface area contributed by atoms with Gasteiger partial charge < -0.3 is 29.7 Å². The van der Waals surface area contributed by atoms with Gasteiger partial charge in [0.1, 0.15) is 33.0 Å². The van der Waals surface area contributed by atoms with Crippen molar-refractivity contribution in [1.82, 2.24) is 9.97 Å². The molecule has 2 aliphatic rings. The van der Waals surface area contributed by atoms with Gasteiger partial charge in [0.2, 0.25) is 11.9 Å². The number of urea groups is 1. The number of hydrogen-bond acceptors (Lipinski definition) is 10. The minimum absolute atomic E-state index is 0.0779. The lowest BCUT2D eigenvalue weighted by Gasteiger charge is -2.35. The number of anilines is 6. The van der Waals surface area contributed by atoms with E-state index in [-0.39, 0.29) is 40.1 Å². The molecule has 260 valence electrons. The third-order valence-electron chi connectivity index (χ3n) is 8.12. The zero-order valence-electron chi connectivity index (χ0n) is 28.2. The molecule has 2 aliphatic heterocycles. The minimum Gasteiger partial charge on any atom is -0.495 e. The fraction of sp³-hybridized carbons (Fsp3) is 0.382. The molecule has 2 N–H and O–H groups in total. The van der Waals surface area contributed by atoms with Crippen molar-refractivity contribution in [2.45, 2.75) is 45.8 Å². The molecule has 0 saturated carbocycles. The van der Waals surface area contributed by atoms with Crippen molar-refractivity contribution in [3.63, 3.8) is 0 Å². The Morgan fingerprint density at radius 3 is 2.29 bits per heavy atom. The number of amides is 3. The van der Waals surface area contributed by atoms with Crippen molar-refractivity contribution >= 4 is 75.6 Å². The molecule has 3 aromatic rings. The normalized spacial score (nSPS) is 15.0. The van der Waals surface area contributed by atoms with Crippen LogP contribution in [0.5, 0.6) is 11.5 Å². The van der Waals surface area contributed by atoms with Crippen LogP contribution in [0.25, 0.3) is 0 Å². The van der Waals surface area contributed by atoms with E-state index in [0.717, 1.165) is 5.69 Å². The molecular formula is C34H39Cl2N7O6. The Morgan fingerprint density at radius 1 is 1.04 bits per heavy atom. The summed E-state index contributed by atoms with van der Waals surface area (Å²) in [5.41, 5.74) is 2.21. The molecule has 0 aliphatic carbocycles. The highest BCUT2D eigenvalue weighted by molar-refractivity contribution is 6.42. The summed E-state index contributed by atoms with van der Waals surface area (Å²) in [5, 5.41) is 6.34. The summed E-state index contributed by atoms with van der Waals surface area (Å²) in [6, 6.07) is 6.69. The smallest absolute Gasteiger partial charge is 0.330 e. The largest absolute Gasteiger partial charge is 0.495 e. The van der Waals surface area contributed by atoms with Gasteiger partial charge in [0.25, 0.3) is 0 Å². The summed E-state index contributed by atoms with van der Waals surface area (Å²) in [4.78, 5) is 52.8. The highest BCUT2D eigenvalue weighted by Crippen LogP contribution is 2.48. The van der Waals surface area contributed by atoms with Gasteiger partial charge in [-0.1, -0.05) is 29.8 Å². The number of carbonyl (C=O) groups excluding carboxylic acids is 3. The van der Waals surface area contributed by atoms with Gasteiger partial charge in [-0.05, 0) is 57.9 Å². The molecule has 0 spiro atoms.